The summed E-state index contributed by atoms with van der Waals surface area (Å²) in [6.07, 6.45) is -8.73. The molecule has 5 atom stereocenters. The van der Waals surface area contributed by atoms with Gasteiger partial charge in [0.2, 0.25) is 0 Å². The summed E-state index contributed by atoms with van der Waals surface area (Å²) < 4.78 is 5.32. The smallest absolute Gasteiger partial charge is 0.198 e. The Labute approximate surface area is 180 Å². The molecule has 0 radical (unpaired) electrons. The molecule has 1 aliphatic heterocycles. The van der Waals surface area contributed by atoms with Crippen molar-refractivity contribution in [2.75, 3.05) is 6.61 Å². The van der Waals surface area contributed by atoms with Crippen LogP contribution < -0.4 is 0 Å². The lowest BCUT2D eigenvalue weighted by molar-refractivity contribution is -0.232. The Morgan fingerprint density at radius 2 is 1.44 bits per heavy atom. The van der Waals surface area contributed by atoms with Crippen LogP contribution in [0.15, 0.2) is 12.1 Å². The molecule has 32 heavy (non-hydrogen) atoms. The summed E-state index contributed by atoms with van der Waals surface area (Å²) in [5, 5.41) is 81.6. The first-order chi connectivity index (χ1) is 15.0. The average Bonchev–Trinajstić information content (AvgIpc) is 2.74. The minimum Gasteiger partial charge on any atom is -0.508 e. The van der Waals surface area contributed by atoms with Crippen LogP contribution in [0.3, 0.4) is 0 Å². The van der Waals surface area contributed by atoms with Gasteiger partial charge >= 0.3 is 0 Å². The fraction of sp³-hybridized carbons (Fsp3) is 0.333. The SMILES string of the molecule is Cc1cc(O)cc2c1C(=O)c1c(O)c(C3OC(CO)C(O)C(O)C3O)c(O)c(O)c1C2=O. The number of aryl methyl sites for hydroxylation is 1. The van der Waals surface area contributed by atoms with Gasteiger partial charge in [0, 0.05) is 11.1 Å². The van der Waals surface area contributed by atoms with E-state index in [1.54, 1.807) is 0 Å². The molecule has 8 N–H and O–H groups in total. The third kappa shape index (κ3) is 2.87. The van der Waals surface area contributed by atoms with Crippen LogP contribution in [-0.4, -0.2) is 83.4 Å². The molecule has 0 bridgehead atoms. The van der Waals surface area contributed by atoms with Gasteiger partial charge in [-0.1, -0.05) is 0 Å². The van der Waals surface area contributed by atoms with E-state index in [2.05, 4.69) is 0 Å². The second-order valence-electron chi connectivity index (χ2n) is 7.80. The molecule has 1 aliphatic carbocycles. The van der Waals surface area contributed by atoms with Crippen LogP contribution in [0, 0.1) is 6.92 Å². The van der Waals surface area contributed by atoms with Crippen molar-refractivity contribution in [2.45, 2.75) is 37.4 Å². The molecule has 170 valence electrons. The number of rotatable bonds is 2. The van der Waals surface area contributed by atoms with E-state index in [1.807, 2.05) is 0 Å². The van der Waals surface area contributed by atoms with E-state index in [1.165, 1.54) is 13.0 Å². The fourth-order valence-electron chi connectivity index (χ4n) is 4.29. The summed E-state index contributed by atoms with van der Waals surface area (Å²) in [4.78, 5) is 26.2. The van der Waals surface area contributed by atoms with Crippen molar-refractivity contribution >= 4 is 11.6 Å². The van der Waals surface area contributed by atoms with Gasteiger partial charge in [-0.25, -0.2) is 0 Å². The number of benzene rings is 2. The Hall–Kier alpha value is -3.22. The van der Waals surface area contributed by atoms with E-state index in [9.17, 15) is 50.4 Å². The van der Waals surface area contributed by atoms with E-state index in [0.29, 0.717) is 0 Å². The number of carbonyl (C=O) groups excluding carboxylic acids is 2. The van der Waals surface area contributed by atoms with Crippen molar-refractivity contribution in [3.63, 3.8) is 0 Å². The Bertz CT molecular complexity index is 1150. The molecule has 1 heterocycles. The van der Waals surface area contributed by atoms with Crippen LogP contribution in [0.5, 0.6) is 23.0 Å². The van der Waals surface area contributed by atoms with E-state index in [0.717, 1.165) is 6.07 Å². The summed E-state index contributed by atoms with van der Waals surface area (Å²) in [5.74, 6) is -5.34. The number of phenolic OH excluding ortho intramolecular Hbond substituents is 4. The molecule has 1 fully saturated rings. The van der Waals surface area contributed by atoms with Crippen molar-refractivity contribution < 1.29 is 55.2 Å². The van der Waals surface area contributed by atoms with Crippen molar-refractivity contribution in [2.24, 2.45) is 0 Å². The number of fused-ring (bicyclic) bond motifs is 2. The first-order valence-corrected chi connectivity index (χ1v) is 9.55. The summed E-state index contributed by atoms with van der Waals surface area (Å²) in [7, 11) is 0. The predicted molar refractivity (Wildman–Crippen MR) is 104 cm³/mol. The Balaban J connectivity index is 1.96. The zero-order chi connectivity index (χ0) is 23.6. The maximum Gasteiger partial charge on any atom is 0.198 e. The number of aliphatic hydroxyl groups excluding tert-OH is 4. The molecule has 2 aliphatic rings. The predicted octanol–water partition coefficient (Wildman–Crippen LogP) is -0.892. The van der Waals surface area contributed by atoms with Crippen molar-refractivity contribution in [3.05, 3.63) is 45.5 Å². The number of aromatic hydroxyl groups is 4. The van der Waals surface area contributed by atoms with Crippen molar-refractivity contribution in [1.29, 1.82) is 0 Å². The van der Waals surface area contributed by atoms with Crippen LogP contribution in [-0.2, 0) is 4.74 Å². The number of hydrogen-bond donors (Lipinski definition) is 8. The maximum absolute atomic E-state index is 13.2. The molecular formula is C21H20O11. The molecule has 5 unspecified atom stereocenters. The van der Waals surface area contributed by atoms with Crippen LogP contribution in [0.25, 0.3) is 0 Å². The van der Waals surface area contributed by atoms with Crippen molar-refractivity contribution in [1.82, 2.24) is 0 Å². The summed E-state index contributed by atoms with van der Waals surface area (Å²) >= 11 is 0. The molecule has 0 spiro atoms. The van der Waals surface area contributed by atoms with Gasteiger partial charge < -0.3 is 45.6 Å². The molecule has 11 nitrogen and oxygen atoms in total. The highest BCUT2D eigenvalue weighted by Crippen LogP contribution is 2.51. The van der Waals surface area contributed by atoms with Crippen LogP contribution in [0.2, 0.25) is 0 Å². The Morgan fingerprint density at radius 1 is 0.812 bits per heavy atom. The van der Waals surface area contributed by atoms with Gasteiger partial charge in [0.1, 0.15) is 42.0 Å². The van der Waals surface area contributed by atoms with Gasteiger partial charge in [-0.2, -0.15) is 0 Å². The number of aliphatic hydroxyl groups is 4. The molecule has 0 saturated carbocycles. The van der Waals surface area contributed by atoms with Crippen LogP contribution in [0.1, 0.15) is 49.1 Å². The highest BCUT2D eigenvalue weighted by molar-refractivity contribution is 6.31. The molecule has 0 amide bonds. The second kappa shape index (κ2) is 7.43. The van der Waals surface area contributed by atoms with Gasteiger partial charge in [0.05, 0.1) is 23.3 Å². The van der Waals surface area contributed by atoms with Gasteiger partial charge in [-0.3, -0.25) is 9.59 Å². The minimum absolute atomic E-state index is 0.138. The van der Waals surface area contributed by atoms with Gasteiger partial charge in [-0.05, 0) is 24.6 Å². The van der Waals surface area contributed by atoms with E-state index < -0.39 is 82.6 Å². The lowest BCUT2D eigenvalue weighted by Crippen LogP contribution is -2.55. The molecular weight excluding hydrogens is 428 g/mol. The third-order valence-electron chi connectivity index (χ3n) is 5.88. The van der Waals surface area contributed by atoms with E-state index >= 15 is 0 Å². The molecule has 2 aromatic carbocycles. The topological polar surface area (TPSA) is 205 Å². The zero-order valence-corrected chi connectivity index (χ0v) is 16.6. The lowest BCUT2D eigenvalue weighted by atomic mass is 9.78. The summed E-state index contributed by atoms with van der Waals surface area (Å²) in [5.41, 5.74) is -2.26. The van der Waals surface area contributed by atoms with Crippen LogP contribution >= 0.6 is 0 Å². The number of phenols is 4. The number of carbonyl (C=O) groups is 2. The maximum atomic E-state index is 13.2. The van der Waals surface area contributed by atoms with Gasteiger partial charge in [-0.15, -0.1) is 0 Å². The molecule has 0 aromatic heterocycles. The monoisotopic (exact) mass is 448 g/mol. The highest BCUT2D eigenvalue weighted by atomic mass is 16.5. The average molecular weight is 448 g/mol. The fourth-order valence-corrected chi connectivity index (χ4v) is 4.29. The lowest BCUT2D eigenvalue weighted by Gasteiger charge is -2.40. The quantitative estimate of drug-likeness (QED) is 0.178. The largest absolute Gasteiger partial charge is 0.508 e. The summed E-state index contributed by atoms with van der Waals surface area (Å²) in [6, 6.07) is 2.25. The standard InChI is InChI=1S/C21H20O11/c1-5-2-6(23)3-7-9(5)15(26)11-10(13(7)24)17(28)18(29)12(16(11)27)21-20(31)19(30)14(25)8(4-22)32-21/h2-3,8,14,19-23,25,27-31H,4H2,1H3. The highest BCUT2D eigenvalue weighted by Gasteiger charge is 2.48. The van der Waals surface area contributed by atoms with Crippen molar-refractivity contribution in [3.8, 4) is 23.0 Å². The Kier molecular flexibility index (Phi) is 5.11. The first kappa shape index (κ1) is 22.0. The zero-order valence-electron chi connectivity index (χ0n) is 16.6. The number of ketones is 2. The van der Waals surface area contributed by atoms with Gasteiger partial charge in [0.25, 0.3) is 0 Å². The van der Waals surface area contributed by atoms with E-state index in [4.69, 9.17) is 4.74 Å². The van der Waals surface area contributed by atoms with E-state index in [-0.39, 0.29) is 22.4 Å². The molecule has 11 heteroatoms. The van der Waals surface area contributed by atoms with Gasteiger partial charge in [0.15, 0.2) is 23.1 Å². The minimum atomic E-state index is -1.94. The molecule has 4 rings (SSSR count). The second-order valence-corrected chi connectivity index (χ2v) is 7.80. The number of hydrogen-bond acceptors (Lipinski definition) is 11. The third-order valence-corrected chi connectivity index (χ3v) is 5.88. The summed E-state index contributed by atoms with van der Waals surface area (Å²) in [6.45, 7) is 0.651. The van der Waals surface area contributed by atoms with Crippen LogP contribution in [0.4, 0.5) is 0 Å². The first-order valence-electron chi connectivity index (χ1n) is 9.55. The molecule has 2 aromatic rings. The Morgan fingerprint density at radius 3 is 2.06 bits per heavy atom. The molecule has 1 saturated heterocycles. The normalized spacial score (nSPS) is 27.2. The number of ether oxygens (including phenoxy) is 1.